The molecule has 0 unspecified atom stereocenters. The van der Waals surface area contributed by atoms with Crippen LogP contribution in [-0.4, -0.2) is 34.6 Å². The molecule has 1 saturated heterocycles. The summed E-state index contributed by atoms with van der Waals surface area (Å²) in [5, 5.41) is 2.83. The van der Waals surface area contributed by atoms with E-state index in [0.29, 0.717) is 27.0 Å². The molecule has 3 rings (SSSR count). The molecule has 6 nitrogen and oxygen atoms in total. The summed E-state index contributed by atoms with van der Waals surface area (Å²) in [6, 6.07) is 11.8. The first-order valence-electron chi connectivity index (χ1n) is 9.00. The van der Waals surface area contributed by atoms with Crippen LogP contribution in [-0.2, 0) is 9.59 Å². The van der Waals surface area contributed by atoms with Crippen molar-refractivity contribution in [2.75, 3.05) is 11.9 Å². The van der Waals surface area contributed by atoms with Gasteiger partial charge in [-0.15, -0.1) is 0 Å². The standard InChI is InChI=1S/C21H18Cl2N2O4S/c1-12(2)29-17-8-7-13(9-15(17)23)10-18-20(27)25(21(28)30-18)11-19(26)24-16-6-4-3-5-14(16)22/h3-10,12H,11H2,1-2H3,(H,24,26)/b18-10+. The number of ether oxygens (including phenoxy) is 1. The first-order valence-corrected chi connectivity index (χ1v) is 10.6. The highest BCUT2D eigenvalue weighted by molar-refractivity contribution is 8.18. The molecule has 1 aliphatic heterocycles. The van der Waals surface area contributed by atoms with E-state index >= 15 is 0 Å². The molecule has 9 heteroatoms. The SMILES string of the molecule is CC(C)Oc1ccc(/C=C2/SC(=O)N(CC(=O)Nc3ccccc3Cl)C2=O)cc1Cl. The van der Waals surface area contributed by atoms with E-state index in [-0.39, 0.29) is 11.0 Å². The van der Waals surface area contributed by atoms with Crippen LogP contribution in [0.4, 0.5) is 10.5 Å². The van der Waals surface area contributed by atoms with E-state index < -0.39 is 23.6 Å². The van der Waals surface area contributed by atoms with E-state index in [1.165, 1.54) is 0 Å². The van der Waals surface area contributed by atoms with Gasteiger partial charge in [-0.1, -0.05) is 41.4 Å². The highest BCUT2D eigenvalue weighted by Crippen LogP contribution is 2.34. The Morgan fingerprint density at radius 3 is 2.57 bits per heavy atom. The predicted octanol–water partition coefficient (Wildman–Crippen LogP) is 5.46. The first-order chi connectivity index (χ1) is 14.2. The van der Waals surface area contributed by atoms with Crippen molar-refractivity contribution in [3.63, 3.8) is 0 Å². The summed E-state index contributed by atoms with van der Waals surface area (Å²) in [6.45, 7) is 3.37. The maximum Gasteiger partial charge on any atom is 0.294 e. The van der Waals surface area contributed by atoms with E-state index in [0.717, 1.165) is 16.7 Å². The number of benzene rings is 2. The molecule has 156 valence electrons. The topological polar surface area (TPSA) is 75.7 Å². The van der Waals surface area contributed by atoms with Crippen molar-refractivity contribution in [1.29, 1.82) is 0 Å². The smallest absolute Gasteiger partial charge is 0.294 e. The van der Waals surface area contributed by atoms with Crippen LogP contribution < -0.4 is 10.1 Å². The van der Waals surface area contributed by atoms with Crippen molar-refractivity contribution in [3.05, 3.63) is 63.0 Å². The zero-order valence-electron chi connectivity index (χ0n) is 16.1. The summed E-state index contributed by atoms with van der Waals surface area (Å²) in [5.74, 6) is -0.531. The monoisotopic (exact) mass is 464 g/mol. The van der Waals surface area contributed by atoms with Gasteiger partial charge in [0.2, 0.25) is 5.91 Å². The van der Waals surface area contributed by atoms with Crippen LogP contribution in [0.25, 0.3) is 6.08 Å². The van der Waals surface area contributed by atoms with Crippen LogP contribution in [0, 0.1) is 0 Å². The maximum absolute atomic E-state index is 12.6. The van der Waals surface area contributed by atoms with Crippen molar-refractivity contribution < 1.29 is 19.1 Å². The number of imide groups is 1. The lowest BCUT2D eigenvalue weighted by atomic mass is 10.2. The number of hydrogen-bond acceptors (Lipinski definition) is 5. The predicted molar refractivity (Wildman–Crippen MR) is 120 cm³/mol. The molecule has 0 aromatic heterocycles. The number of nitrogens with zero attached hydrogens (tertiary/aromatic N) is 1. The number of rotatable bonds is 6. The lowest BCUT2D eigenvalue weighted by Gasteiger charge is -2.13. The third-order valence-electron chi connectivity index (χ3n) is 3.94. The first kappa shape index (κ1) is 22.2. The molecule has 30 heavy (non-hydrogen) atoms. The van der Waals surface area contributed by atoms with Gasteiger partial charge in [0.15, 0.2) is 0 Å². The Balaban J connectivity index is 1.70. The molecule has 0 atom stereocenters. The number of halogens is 2. The van der Waals surface area contributed by atoms with Gasteiger partial charge in [0.05, 0.1) is 26.7 Å². The molecule has 0 bridgehead atoms. The summed E-state index contributed by atoms with van der Waals surface area (Å²) in [7, 11) is 0. The molecule has 0 aliphatic carbocycles. The minimum atomic E-state index is -0.544. The Bertz CT molecular complexity index is 1040. The molecule has 0 radical (unpaired) electrons. The number of thioether (sulfide) groups is 1. The van der Waals surface area contributed by atoms with Crippen LogP contribution in [0.2, 0.25) is 10.0 Å². The van der Waals surface area contributed by atoms with Gasteiger partial charge in [0.25, 0.3) is 11.1 Å². The average Bonchev–Trinajstić information content (AvgIpc) is 2.93. The molecular formula is C21H18Cl2N2O4S. The molecule has 1 aliphatic rings. The Morgan fingerprint density at radius 1 is 1.17 bits per heavy atom. The van der Waals surface area contributed by atoms with Crippen LogP contribution in [0.1, 0.15) is 19.4 Å². The molecule has 0 spiro atoms. The molecule has 0 saturated carbocycles. The maximum atomic E-state index is 12.6. The Labute approximate surface area is 188 Å². The fourth-order valence-electron chi connectivity index (χ4n) is 2.64. The second-order valence-electron chi connectivity index (χ2n) is 6.65. The van der Waals surface area contributed by atoms with Gasteiger partial charge < -0.3 is 10.1 Å². The summed E-state index contributed by atoms with van der Waals surface area (Å²) in [4.78, 5) is 38.3. The van der Waals surface area contributed by atoms with Gasteiger partial charge in [-0.3, -0.25) is 19.3 Å². The summed E-state index contributed by atoms with van der Waals surface area (Å²) < 4.78 is 5.59. The number of para-hydroxylation sites is 1. The normalized spacial score (nSPS) is 15.2. The van der Waals surface area contributed by atoms with Crippen LogP contribution in [0.15, 0.2) is 47.4 Å². The summed E-state index contributed by atoms with van der Waals surface area (Å²) in [5.41, 5.74) is 1.05. The summed E-state index contributed by atoms with van der Waals surface area (Å²) in [6.07, 6.45) is 1.53. The second kappa shape index (κ2) is 9.55. The fraction of sp³-hybridized carbons (Fsp3) is 0.190. The minimum absolute atomic E-state index is 0.0261. The van der Waals surface area contributed by atoms with Gasteiger partial charge in [0, 0.05) is 0 Å². The van der Waals surface area contributed by atoms with E-state index in [4.69, 9.17) is 27.9 Å². The fourth-order valence-corrected chi connectivity index (χ4v) is 3.89. The lowest BCUT2D eigenvalue weighted by Crippen LogP contribution is -2.36. The van der Waals surface area contributed by atoms with Crippen molar-refractivity contribution in [3.8, 4) is 5.75 Å². The quantitative estimate of drug-likeness (QED) is 0.574. The highest BCUT2D eigenvalue weighted by Gasteiger charge is 2.36. The van der Waals surface area contributed by atoms with Gasteiger partial charge in [-0.2, -0.15) is 0 Å². The van der Waals surface area contributed by atoms with Crippen molar-refractivity contribution in [2.45, 2.75) is 20.0 Å². The highest BCUT2D eigenvalue weighted by atomic mass is 35.5. The number of amides is 3. The molecule has 1 N–H and O–H groups in total. The van der Waals surface area contributed by atoms with E-state index in [9.17, 15) is 14.4 Å². The molecule has 2 aromatic rings. The minimum Gasteiger partial charge on any atom is -0.489 e. The molecule has 2 aromatic carbocycles. The van der Waals surface area contributed by atoms with Crippen molar-refractivity contribution in [2.24, 2.45) is 0 Å². The number of carbonyl (C=O) groups excluding carboxylic acids is 3. The molecule has 1 fully saturated rings. The Kier molecular flexibility index (Phi) is 7.07. The summed E-state index contributed by atoms with van der Waals surface area (Å²) >= 11 is 13.0. The third-order valence-corrected chi connectivity index (χ3v) is 5.47. The number of hydrogen-bond donors (Lipinski definition) is 1. The van der Waals surface area contributed by atoms with Gasteiger partial charge in [-0.25, -0.2) is 0 Å². The van der Waals surface area contributed by atoms with Crippen molar-refractivity contribution in [1.82, 2.24) is 4.90 Å². The molecule has 3 amide bonds. The van der Waals surface area contributed by atoms with Gasteiger partial charge in [-0.05, 0) is 61.5 Å². The Hall–Kier alpha value is -2.48. The zero-order valence-corrected chi connectivity index (χ0v) is 18.5. The van der Waals surface area contributed by atoms with Gasteiger partial charge >= 0.3 is 0 Å². The number of nitrogens with one attached hydrogen (secondary N) is 1. The van der Waals surface area contributed by atoms with Gasteiger partial charge in [0.1, 0.15) is 12.3 Å². The second-order valence-corrected chi connectivity index (χ2v) is 8.46. The van der Waals surface area contributed by atoms with Crippen LogP contribution in [0.5, 0.6) is 5.75 Å². The van der Waals surface area contributed by atoms with Crippen LogP contribution >= 0.6 is 35.0 Å². The van der Waals surface area contributed by atoms with Crippen molar-refractivity contribution >= 4 is 63.8 Å². The third kappa shape index (κ3) is 5.36. The lowest BCUT2D eigenvalue weighted by molar-refractivity contribution is -0.127. The average molecular weight is 465 g/mol. The number of carbonyl (C=O) groups is 3. The molecule has 1 heterocycles. The number of anilines is 1. The zero-order chi connectivity index (χ0) is 21.8. The largest absolute Gasteiger partial charge is 0.489 e. The van der Waals surface area contributed by atoms with E-state index in [1.807, 2.05) is 13.8 Å². The van der Waals surface area contributed by atoms with E-state index in [1.54, 1.807) is 48.5 Å². The molecular weight excluding hydrogens is 447 g/mol. The van der Waals surface area contributed by atoms with E-state index in [2.05, 4.69) is 5.32 Å². The Morgan fingerprint density at radius 2 is 1.90 bits per heavy atom. The van der Waals surface area contributed by atoms with Crippen LogP contribution in [0.3, 0.4) is 0 Å².